The van der Waals surface area contributed by atoms with E-state index in [1.165, 1.54) is 25.3 Å². The van der Waals surface area contributed by atoms with Crippen LogP contribution in [0.25, 0.3) is 0 Å². The van der Waals surface area contributed by atoms with Crippen LogP contribution in [0.1, 0.15) is 44.6 Å². The summed E-state index contributed by atoms with van der Waals surface area (Å²) in [4.78, 5) is 2.10. The molecule has 2 N–H and O–H groups in total. The highest BCUT2D eigenvalue weighted by atomic mass is 19.1. The third kappa shape index (κ3) is 4.17. The molecule has 118 valence electrons. The minimum Gasteiger partial charge on any atom is -0.395 e. The number of anilines is 1. The van der Waals surface area contributed by atoms with Crippen LogP contribution in [0.3, 0.4) is 0 Å². The van der Waals surface area contributed by atoms with Crippen molar-refractivity contribution in [1.29, 1.82) is 0 Å². The molecule has 0 heterocycles. The van der Waals surface area contributed by atoms with Crippen LogP contribution >= 0.6 is 0 Å². The fraction of sp³-hybridized carbons (Fsp3) is 0.647. The lowest BCUT2D eigenvalue weighted by Crippen LogP contribution is -2.40. The Morgan fingerprint density at radius 2 is 2.05 bits per heavy atom. The van der Waals surface area contributed by atoms with Crippen molar-refractivity contribution < 1.29 is 9.50 Å². The van der Waals surface area contributed by atoms with E-state index in [0.717, 1.165) is 24.9 Å². The lowest BCUT2D eigenvalue weighted by atomic mass is 9.93. The Kier molecular flexibility index (Phi) is 6.46. The van der Waals surface area contributed by atoms with Crippen LogP contribution in [-0.2, 0) is 6.54 Å². The van der Waals surface area contributed by atoms with Gasteiger partial charge in [-0.15, -0.1) is 0 Å². The summed E-state index contributed by atoms with van der Waals surface area (Å²) >= 11 is 0. The zero-order valence-corrected chi connectivity index (χ0v) is 12.9. The fourth-order valence-electron chi connectivity index (χ4n) is 3.26. The summed E-state index contributed by atoms with van der Waals surface area (Å²) in [6, 6.07) is 5.62. The molecule has 0 unspecified atom stereocenters. The number of para-hydroxylation sites is 1. The molecule has 0 aliphatic heterocycles. The summed E-state index contributed by atoms with van der Waals surface area (Å²) in [5.41, 5.74) is 1.66. The molecule has 1 saturated carbocycles. The van der Waals surface area contributed by atoms with Gasteiger partial charge in [0.15, 0.2) is 0 Å². The minimum absolute atomic E-state index is 0.0610. The Morgan fingerprint density at radius 3 is 2.71 bits per heavy atom. The first-order valence-corrected chi connectivity index (χ1v) is 8.13. The Morgan fingerprint density at radius 1 is 1.29 bits per heavy atom. The van der Waals surface area contributed by atoms with Crippen molar-refractivity contribution in [3.8, 4) is 0 Å². The zero-order chi connectivity index (χ0) is 15.1. The quantitative estimate of drug-likeness (QED) is 0.811. The average molecular weight is 294 g/mol. The number of hydrogen-bond acceptors (Lipinski definition) is 3. The van der Waals surface area contributed by atoms with Gasteiger partial charge in [0.25, 0.3) is 0 Å². The second kappa shape index (κ2) is 8.35. The third-order valence-electron chi connectivity index (χ3n) is 4.28. The van der Waals surface area contributed by atoms with Gasteiger partial charge in [-0.05, 0) is 31.0 Å². The number of halogens is 1. The van der Waals surface area contributed by atoms with E-state index in [1.807, 2.05) is 13.0 Å². The molecular weight excluding hydrogens is 267 g/mol. The number of nitrogens with one attached hydrogen (secondary N) is 1. The van der Waals surface area contributed by atoms with Gasteiger partial charge in [0.05, 0.1) is 12.3 Å². The van der Waals surface area contributed by atoms with Gasteiger partial charge in [-0.1, -0.05) is 38.3 Å². The molecule has 4 heteroatoms. The van der Waals surface area contributed by atoms with Crippen LogP contribution in [0.5, 0.6) is 0 Å². The average Bonchev–Trinajstić information content (AvgIpc) is 2.52. The lowest BCUT2D eigenvalue weighted by molar-refractivity contribution is 0.289. The molecule has 0 radical (unpaired) electrons. The number of benzene rings is 1. The molecule has 1 aliphatic rings. The Balaban J connectivity index is 2.28. The molecule has 0 spiro atoms. The van der Waals surface area contributed by atoms with Gasteiger partial charge in [-0.2, -0.15) is 0 Å². The van der Waals surface area contributed by atoms with Crippen LogP contribution in [-0.4, -0.2) is 30.8 Å². The minimum atomic E-state index is -0.176. The second-order valence-electron chi connectivity index (χ2n) is 5.74. The monoisotopic (exact) mass is 294 g/mol. The molecule has 0 bridgehead atoms. The largest absolute Gasteiger partial charge is 0.395 e. The number of nitrogens with zero attached hydrogens (tertiary/aromatic N) is 1. The highest BCUT2D eigenvalue weighted by Gasteiger charge is 2.25. The van der Waals surface area contributed by atoms with E-state index >= 15 is 0 Å². The molecule has 1 aliphatic carbocycles. The number of aliphatic hydroxyl groups is 1. The predicted octanol–water partition coefficient (Wildman–Crippen LogP) is 3.07. The van der Waals surface area contributed by atoms with Crippen LogP contribution in [0.4, 0.5) is 10.1 Å². The molecule has 21 heavy (non-hydrogen) atoms. The molecule has 1 fully saturated rings. The Hall–Kier alpha value is -1.13. The first-order chi connectivity index (χ1) is 10.3. The van der Waals surface area contributed by atoms with E-state index in [0.29, 0.717) is 24.8 Å². The Labute approximate surface area is 127 Å². The van der Waals surface area contributed by atoms with E-state index in [2.05, 4.69) is 10.2 Å². The van der Waals surface area contributed by atoms with Crippen molar-refractivity contribution >= 4 is 5.69 Å². The highest BCUT2D eigenvalue weighted by Crippen LogP contribution is 2.31. The summed E-state index contributed by atoms with van der Waals surface area (Å²) in [5, 5.41) is 12.7. The normalized spacial score (nSPS) is 16.1. The zero-order valence-electron chi connectivity index (χ0n) is 12.9. The van der Waals surface area contributed by atoms with Crippen molar-refractivity contribution in [2.45, 2.75) is 51.6 Å². The van der Waals surface area contributed by atoms with Crippen molar-refractivity contribution in [1.82, 2.24) is 5.32 Å². The SMILES string of the molecule is CCNCc1cccc(F)c1N(CCO)C1CCCCC1. The molecule has 0 saturated heterocycles. The molecule has 0 amide bonds. The maximum Gasteiger partial charge on any atom is 0.146 e. The van der Waals surface area contributed by atoms with E-state index in [1.54, 1.807) is 6.07 Å². The topological polar surface area (TPSA) is 35.5 Å². The standard InChI is InChI=1S/C17H27FN2O/c1-2-19-13-14-7-6-10-16(18)17(14)20(11-12-21)15-8-4-3-5-9-15/h6-7,10,15,19,21H,2-5,8-9,11-13H2,1H3. The summed E-state index contributed by atoms with van der Waals surface area (Å²) in [7, 11) is 0. The van der Waals surface area contributed by atoms with Crippen LogP contribution < -0.4 is 10.2 Å². The van der Waals surface area contributed by atoms with Crippen molar-refractivity contribution in [3.63, 3.8) is 0 Å². The summed E-state index contributed by atoms with van der Waals surface area (Å²) in [6.45, 7) is 4.14. The maximum absolute atomic E-state index is 14.5. The van der Waals surface area contributed by atoms with Crippen LogP contribution in [0, 0.1) is 5.82 Å². The molecular formula is C17H27FN2O. The highest BCUT2D eigenvalue weighted by molar-refractivity contribution is 5.56. The molecule has 3 nitrogen and oxygen atoms in total. The summed E-state index contributed by atoms with van der Waals surface area (Å²) < 4.78 is 14.5. The maximum atomic E-state index is 14.5. The second-order valence-corrected chi connectivity index (χ2v) is 5.74. The molecule has 0 aromatic heterocycles. The fourth-order valence-corrected chi connectivity index (χ4v) is 3.26. The summed E-state index contributed by atoms with van der Waals surface area (Å²) in [6.07, 6.45) is 5.85. The lowest BCUT2D eigenvalue weighted by Gasteiger charge is -2.37. The van der Waals surface area contributed by atoms with E-state index in [4.69, 9.17) is 0 Å². The van der Waals surface area contributed by atoms with Gasteiger partial charge in [-0.25, -0.2) is 4.39 Å². The van der Waals surface area contributed by atoms with Gasteiger partial charge in [0.2, 0.25) is 0 Å². The van der Waals surface area contributed by atoms with Crippen molar-refractivity contribution in [2.75, 3.05) is 24.6 Å². The van der Waals surface area contributed by atoms with Gasteiger partial charge in [0, 0.05) is 19.1 Å². The van der Waals surface area contributed by atoms with Crippen LogP contribution in [0.2, 0.25) is 0 Å². The van der Waals surface area contributed by atoms with Crippen molar-refractivity contribution in [3.05, 3.63) is 29.6 Å². The number of rotatable bonds is 7. The first kappa shape index (κ1) is 16.2. The van der Waals surface area contributed by atoms with E-state index in [9.17, 15) is 9.50 Å². The van der Waals surface area contributed by atoms with Crippen LogP contribution in [0.15, 0.2) is 18.2 Å². The first-order valence-electron chi connectivity index (χ1n) is 8.13. The van der Waals surface area contributed by atoms with E-state index in [-0.39, 0.29) is 12.4 Å². The molecule has 2 rings (SSSR count). The van der Waals surface area contributed by atoms with Gasteiger partial charge >= 0.3 is 0 Å². The molecule has 1 aromatic carbocycles. The van der Waals surface area contributed by atoms with Gasteiger partial charge in [0.1, 0.15) is 5.82 Å². The molecule has 1 aromatic rings. The Bertz CT molecular complexity index is 433. The number of hydrogen-bond donors (Lipinski definition) is 2. The smallest absolute Gasteiger partial charge is 0.146 e. The van der Waals surface area contributed by atoms with Gasteiger partial charge < -0.3 is 15.3 Å². The summed E-state index contributed by atoms with van der Waals surface area (Å²) in [5.74, 6) is -0.176. The van der Waals surface area contributed by atoms with E-state index < -0.39 is 0 Å². The predicted molar refractivity (Wildman–Crippen MR) is 85.1 cm³/mol. The number of aliphatic hydroxyl groups excluding tert-OH is 1. The third-order valence-corrected chi connectivity index (χ3v) is 4.28. The van der Waals surface area contributed by atoms with Gasteiger partial charge in [-0.3, -0.25) is 0 Å². The van der Waals surface area contributed by atoms with Crippen molar-refractivity contribution in [2.24, 2.45) is 0 Å². The molecule has 0 atom stereocenters.